The number of nitrogens with one attached hydrogen (secondary N) is 1. The van der Waals surface area contributed by atoms with E-state index in [-0.39, 0.29) is 0 Å². The molecule has 2 rings (SSSR count). The van der Waals surface area contributed by atoms with Gasteiger partial charge in [-0.3, -0.25) is 0 Å². The summed E-state index contributed by atoms with van der Waals surface area (Å²) in [5.41, 5.74) is 0.666. The van der Waals surface area contributed by atoms with Gasteiger partial charge >= 0.3 is 0 Å². The molecule has 0 saturated heterocycles. The SMILES string of the molecule is CNc1c(Cl)cnc2cc(Cl)nn12. The van der Waals surface area contributed by atoms with Crippen LogP contribution >= 0.6 is 23.2 Å². The minimum Gasteiger partial charge on any atom is -0.372 e. The van der Waals surface area contributed by atoms with Gasteiger partial charge in [-0.15, -0.1) is 0 Å². The van der Waals surface area contributed by atoms with Crippen molar-refractivity contribution in [1.29, 1.82) is 0 Å². The maximum atomic E-state index is 5.88. The molecule has 13 heavy (non-hydrogen) atoms. The summed E-state index contributed by atoms with van der Waals surface area (Å²) in [6.07, 6.45) is 1.56. The number of anilines is 1. The lowest BCUT2D eigenvalue weighted by atomic mass is 10.5. The Morgan fingerprint density at radius 3 is 2.92 bits per heavy atom. The van der Waals surface area contributed by atoms with Crippen LogP contribution in [0.2, 0.25) is 10.2 Å². The fourth-order valence-corrected chi connectivity index (χ4v) is 1.51. The van der Waals surface area contributed by atoms with Gasteiger partial charge in [-0.05, 0) is 0 Å². The van der Waals surface area contributed by atoms with Gasteiger partial charge in [-0.1, -0.05) is 23.2 Å². The number of nitrogens with zero attached hydrogens (tertiary/aromatic N) is 3. The third-order valence-corrected chi connectivity index (χ3v) is 2.11. The van der Waals surface area contributed by atoms with Gasteiger partial charge in [0, 0.05) is 13.1 Å². The van der Waals surface area contributed by atoms with Crippen LogP contribution in [0.4, 0.5) is 5.82 Å². The Kier molecular flexibility index (Phi) is 2.01. The van der Waals surface area contributed by atoms with E-state index in [0.29, 0.717) is 21.6 Å². The maximum Gasteiger partial charge on any atom is 0.158 e. The Hall–Kier alpha value is -1.00. The number of aromatic nitrogens is 3. The van der Waals surface area contributed by atoms with Crippen LogP contribution in [-0.2, 0) is 0 Å². The molecule has 2 aromatic rings. The smallest absolute Gasteiger partial charge is 0.158 e. The zero-order valence-corrected chi connectivity index (χ0v) is 8.26. The second kappa shape index (κ2) is 3.05. The number of rotatable bonds is 1. The van der Waals surface area contributed by atoms with E-state index >= 15 is 0 Å². The van der Waals surface area contributed by atoms with Crippen LogP contribution in [0.3, 0.4) is 0 Å². The summed E-state index contributed by atoms with van der Waals surface area (Å²) >= 11 is 11.6. The van der Waals surface area contributed by atoms with Gasteiger partial charge in [-0.25, -0.2) is 4.98 Å². The summed E-state index contributed by atoms with van der Waals surface area (Å²) in [6, 6.07) is 1.67. The van der Waals surface area contributed by atoms with Gasteiger partial charge in [-0.2, -0.15) is 9.61 Å². The van der Waals surface area contributed by atoms with Crippen LogP contribution in [0.1, 0.15) is 0 Å². The molecule has 6 heteroatoms. The van der Waals surface area contributed by atoms with E-state index in [2.05, 4.69) is 15.4 Å². The molecule has 0 saturated carbocycles. The standard InChI is InChI=1S/C7H6Cl2N4/c1-10-7-4(8)3-11-6-2-5(9)12-13(6)7/h2-3,10H,1H3. The Bertz CT molecular complexity index is 451. The van der Waals surface area contributed by atoms with Crippen molar-refractivity contribution in [1.82, 2.24) is 14.6 Å². The van der Waals surface area contributed by atoms with E-state index in [1.807, 2.05) is 0 Å². The minimum absolute atomic E-state index is 0.395. The van der Waals surface area contributed by atoms with E-state index in [1.54, 1.807) is 23.8 Å². The molecule has 1 N–H and O–H groups in total. The van der Waals surface area contributed by atoms with E-state index in [9.17, 15) is 0 Å². The minimum atomic E-state index is 0.395. The third kappa shape index (κ3) is 1.32. The molecule has 68 valence electrons. The molecule has 0 aliphatic rings. The van der Waals surface area contributed by atoms with Crippen LogP contribution in [-0.4, -0.2) is 21.6 Å². The van der Waals surface area contributed by atoms with Crippen molar-refractivity contribution in [3.63, 3.8) is 0 Å². The summed E-state index contributed by atoms with van der Waals surface area (Å²) in [7, 11) is 1.76. The first-order chi connectivity index (χ1) is 6.22. The Balaban J connectivity index is 2.82. The Morgan fingerprint density at radius 1 is 1.46 bits per heavy atom. The fourth-order valence-electron chi connectivity index (χ4n) is 1.11. The second-order valence-electron chi connectivity index (χ2n) is 2.44. The monoisotopic (exact) mass is 216 g/mol. The topological polar surface area (TPSA) is 42.2 Å². The average molecular weight is 217 g/mol. The molecule has 4 nitrogen and oxygen atoms in total. The van der Waals surface area contributed by atoms with Crippen molar-refractivity contribution in [2.75, 3.05) is 12.4 Å². The molecule has 0 amide bonds. The zero-order valence-electron chi connectivity index (χ0n) is 6.75. The molecular formula is C7H6Cl2N4. The van der Waals surface area contributed by atoms with Crippen LogP contribution < -0.4 is 5.32 Å². The molecule has 2 heterocycles. The Labute approximate surface area is 84.5 Å². The molecule has 0 radical (unpaired) electrons. The lowest BCUT2D eigenvalue weighted by molar-refractivity contribution is 0.944. The maximum absolute atomic E-state index is 5.88. The van der Waals surface area contributed by atoms with E-state index in [1.165, 1.54) is 0 Å². The summed E-state index contributed by atoms with van der Waals surface area (Å²) in [6.45, 7) is 0. The molecular weight excluding hydrogens is 211 g/mol. The molecule has 0 bridgehead atoms. The van der Waals surface area contributed by atoms with Crippen molar-refractivity contribution in [3.05, 3.63) is 22.4 Å². The molecule has 0 unspecified atom stereocenters. The van der Waals surface area contributed by atoms with E-state index in [0.717, 1.165) is 0 Å². The number of halogens is 2. The first-order valence-corrected chi connectivity index (χ1v) is 4.35. The summed E-state index contributed by atoms with van der Waals surface area (Å²) in [5, 5.41) is 7.84. The highest BCUT2D eigenvalue weighted by atomic mass is 35.5. The van der Waals surface area contributed by atoms with Crippen LogP contribution in [0.15, 0.2) is 12.3 Å². The quantitative estimate of drug-likeness (QED) is 0.794. The van der Waals surface area contributed by atoms with Gasteiger partial charge in [0.25, 0.3) is 0 Å². The highest BCUT2D eigenvalue weighted by Gasteiger charge is 2.07. The molecule has 0 atom stereocenters. The predicted molar refractivity (Wildman–Crippen MR) is 52.6 cm³/mol. The van der Waals surface area contributed by atoms with Crippen molar-refractivity contribution in [2.24, 2.45) is 0 Å². The molecule has 0 spiro atoms. The Morgan fingerprint density at radius 2 is 2.23 bits per heavy atom. The normalized spacial score (nSPS) is 10.7. The van der Waals surface area contributed by atoms with Gasteiger partial charge in [0.15, 0.2) is 10.8 Å². The average Bonchev–Trinajstić information content (AvgIpc) is 2.45. The highest BCUT2D eigenvalue weighted by Crippen LogP contribution is 2.22. The summed E-state index contributed by atoms with van der Waals surface area (Å²) < 4.78 is 1.56. The molecule has 0 aliphatic heterocycles. The molecule has 0 fully saturated rings. The first kappa shape index (κ1) is 8.59. The third-order valence-electron chi connectivity index (χ3n) is 1.65. The van der Waals surface area contributed by atoms with Crippen molar-refractivity contribution in [2.45, 2.75) is 0 Å². The van der Waals surface area contributed by atoms with Crippen molar-refractivity contribution < 1.29 is 0 Å². The zero-order chi connectivity index (χ0) is 9.42. The number of hydrogen-bond donors (Lipinski definition) is 1. The summed E-state index contributed by atoms with van der Waals surface area (Å²) in [4.78, 5) is 4.05. The van der Waals surface area contributed by atoms with Crippen molar-refractivity contribution >= 4 is 34.7 Å². The number of hydrogen-bond acceptors (Lipinski definition) is 3. The fraction of sp³-hybridized carbons (Fsp3) is 0.143. The summed E-state index contributed by atoms with van der Waals surface area (Å²) in [5.74, 6) is 0.679. The largest absolute Gasteiger partial charge is 0.372 e. The highest BCUT2D eigenvalue weighted by molar-refractivity contribution is 6.33. The molecule has 2 aromatic heterocycles. The van der Waals surface area contributed by atoms with Gasteiger partial charge < -0.3 is 5.32 Å². The van der Waals surface area contributed by atoms with Gasteiger partial charge in [0.1, 0.15) is 10.8 Å². The molecule has 0 aromatic carbocycles. The van der Waals surface area contributed by atoms with Crippen molar-refractivity contribution in [3.8, 4) is 0 Å². The van der Waals surface area contributed by atoms with E-state index < -0.39 is 0 Å². The van der Waals surface area contributed by atoms with E-state index in [4.69, 9.17) is 23.2 Å². The first-order valence-electron chi connectivity index (χ1n) is 3.60. The van der Waals surface area contributed by atoms with Crippen LogP contribution in [0, 0.1) is 0 Å². The molecule has 0 aliphatic carbocycles. The van der Waals surface area contributed by atoms with Gasteiger partial charge in [0.2, 0.25) is 0 Å². The lowest BCUT2D eigenvalue weighted by Crippen LogP contribution is -2.01. The van der Waals surface area contributed by atoms with Crippen LogP contribution in [0.25, 0.3) is 5.65 Å². The van der Waals surface area contributed by atoms with Gasteiger partial charge in [0.05, 0.1) is 6.20 Å². The lowest BCUT2D eigenvalue weighted by Gasteiger charge is -2.04. The van der Waals surface area contributed by atoms with Crippen LogP contribution in [0.5, 0.6) is 0 Å². The number of fused-ring (bicyclic) bond motifs is 1. The predicted octanol–water partition coefficient (Wildman–Crippen LogP) is 2.08. The second-order valence-corrected chi connectivity index (χ2v) is 3.24.